The summed E-state index contributed by atoms with van der Waals surface area (Å²) < 4.78 is 10.6. The van der Waals surface area contributed by atoms with Crippen molar-refractivity contribution in [3.05, 3.63) is 11.7 Å². The number of nitrogens with one attached hydrogen (secondary N) is 1. The van der Waals surface area contributed by atoms with E-state index < -0.39 is 12.0 Å². The van der Waals surface area contributed by atoms with Crippen LogP contribution in [-0.2, 0) is 14.3 Å². The van der Waals surface area contributed by atoms with Crippen molar-refractivity contribution >= 4 is 17.6 Å². The van der Waals surface area contributed by atoms with Gasteiger partial charge in [-0.15, -0.1) is 0 Å². The molecule has 1 aromatic heterocycles. The maximum atomic E-state index is 13.5. The van der Waals surface area contributed by atoms with Crippen molar-refractivity contribution in [2.75, 3.05) is 26.3 Å². The van der Waals surface area contributed by atoms with Crippen LogP contribution in [0.1, 0.15) is 94.6 Å². The van der Waals surface area contributed by atoms with Crippen LogP contribution in [0.2, 0.25) is 0 Å². The van der Waals surface area contributed by atoms with E-state index in [1.165, 1.54) is 0 Å². The zero-order chi connectivity index (χ0) is 24.3. The standard InChI is InChI=1S/C25H38N4O5/c1-4-19(21(31)24-27-22(28-34-24)17-5-6-17)26-23(32)18(15-25(7-8-25)14-16(2)3)13-20(30)29-9-11-33-12-10-29/h16-19H,4-15H2,1-3H3,(H,26,32)/t18-,19-/m0/s1. The lowest BCUT2D eigenvalue weighted by Gasteiger charge is -2.30. The number of carbonyl (C=O) groups is 3. The Morgan fingerprint density at radius 2 is 1.85 bits per heavy atom. The number of hydrogen-bond donors (Lipinski definition) is 1. The molecule has 9 heteroatoms. The Morgan fingerprint density at radius 3 is 2.44 bits per heavy atom. The van der Waals surface area contributed by atoms with Gasteiger partial charge in [0.25, 0.3) is 5.89 Å². The SMILES string of the molecule is CC[C@H](NC(=O)[C@@H](CC(=O)N1CCOCC1)CC1(CC(C)C)CC1)C(=O)c1nc(C2CC2)no1. The van der Waals surface area contributed by atoms with E-state index in [1.807, 2.05) is 6.92 Å². The zero-order valence-electron chi connectivity index (χ0n) is 20.7. The summed E-state index contributed by atoms with van der Waals surface area (Å²) in [7, 11) is 0. The molecular formula is C25H38N4O5. The Balaban J connectivity index is 1.43. The molecule has 188 valence electrons. The van der Waals surface area contributed by atoms with Crippen LogP contribution in [0.3, 0.4) is 0 Å². The monoisotopic (exact) mass is 474 g/mol. The first kappa shape index (κ1) is 24.8. The van der Waals surface area contributed by atoms with Crippen molar-refractivity contribution in [1.82, 2.24) is 20.4 Å². The number of Topliss-reactive ketones (excluding diaryl/α,β-unsaturated/α-hetero) is 1. The van der Waals surface area contributed by atoms with E-state index in [2.05, 4.69) is 29.3 Å². The lowest BCUT2D eigenvalue weighted by molar-refractivity contribution is -0.140. The molecule has 2 heterocycles. The third kappa shape index (κ3) is 6.23. The van der Waals surface area contributed by atoms with Crippen LogP contribution in [0.4, 0.5) is 0 Å². The zero-order valence-corrected chi connectivity index (χ0v) is 20.7. The van der Waals surface area contributed by atoms with Gasteiger partial charge in [-0.3, -0.25) is 14.4 Å². The van der Waals surface area contributed by atoms with Gasteiger partial charge in [-0.25, -0.2) is 0 Å². The number of nitrogens with zero attached hydrogens (tertiary/aromatic N) is 3. The molecule has 2 saturated carbocycles. The summed E-state index contributed by atoms with van der Waals surface area (Å²) in [6.45, 7) is 8.40. The number of hydrogen-bond acceptors (Lipinski definition) is 7. The molecule has 0 spiro atoms. The van der Waals surface area contributed by atoms with Gasteiger partial charge < -0.3 is 19.5 Å². The minimum absolute atomic E-state index is 0.0193. The number of amides is 2. The third-order valence-electron chi connectivity index (χ3n) is 7.27. The molecule has 0 unspecified atom stereocenters. The van der Waals surface area contributed by atoms with Crippen LogP contribution in [0.25, 0.3) is 0 Å². The average molecular weight is 475 g/mol. The van der Waals surface area contributed by atoms with E-state index in [9.17, 15) is 14.4 Å². The van der Waals surface area contributed by atoms with Crippen molar-refractivity contribution in [3.8, 4) is 0 Å². The molecule has 3 aliphatic rings. The van der Waals surface area contributed by atoms with Crippen molar-refractivity contribution in [3.63, 3.8) is 0 Å². The molecule has 9 nitrogen and oxygen atoms in total. The first-order chi connectivity index (χ1) is 16.3. The predicted molar refractivity (Wildman–Crippen MR) is 124 cm³/mol. The quantitative estimate of drug-likeness (QED) is 0.463. The van der Waals surface area contributed by atoms with E-state index in [0.29, 0.717) is 50.9 Å². The Labute approximate surface area is 201 Å². The summed E-state index contributed by atoms with van der Waals surface area (Å²) in [6, 6.07) is -0.749. The molecule has 1 aliphatic heterocycles. The molecule has 1 N–H and O–H groups in total. The summed E-state index contributed by atoms with van der Waals surface area (Å²) >= 11 is 0. The van der Waals surface area contributed by atoms with Crippen LogP contribution < -0.4 is 5.32 Å². The van der Waals surface area contributed by atoms with Gasteiger partial charge in [-0.2, -0.15) is 4.98 Å². The number of ether oxygens (including phenoxy) is 1. The van der Waals surface area contributed by atoms with Gasteiger partial charge >= 0.3 is 0 Å². The van der Waals surface area contributed by atoms with Gasteiger partial charge in [0.15, 0.2) is 5.82 Å². The van der Waals surface area contributed by atoms with Crippen molar-refractivity contribution in [2.24, 2.45) is 17.3 Å². The fraction of sp³-hybridized carbons (Fsp3) is 0.800. The van der Waals surface area contributed by atoms with Crippen molar-refractivity contribution < 1.29 is 23.6 Å². The maximum Gasteiger partial charge on any atom is 0.296 e. The van der Waals surface area contributed by atoms with E-state index in [4.69, 9.17) is 9.26 Å². The van der Waals surface area contributed by atoms with Crippen molar-refractivity contribution in [1.29, 1.82) is 0 Å². The Kier molecular flexibility index (Phi) is 7.70. The fourth-order valence-corrected chi connectivity index (χ4v) is 5.10. The van der Waals surface area contributed by atoms with Gasteiger partial charge in [-0.1, -0.05) is 25.9 Å². The lowest BCUT2D eigenvalue weighted by Crippen LogP contribution is -2.46. The van der Waals surface area contributed by atoms with Crippen LogP contribution in [0, 0.1) is 17.3 Å². The van der Waals surface area contributed by atoms with E-state index in [1.54, 1.807) is 4.90 Å². The van der Waals surface area contributed by atoms with E-state index in [0.717, 1.165) is 32.1 Å². The van der Waals surface area contributed by atoms with Gasteiger partial charge in [0, 0.05) is 31.3 Å². The Bertz CT molecular complexity index is 884. The summed E-state index contributed by atoms with van der Waals surface area (Å²) in [5.41, 5.74) is 0.124. The van der Waals surface area contributed by atoms with Gasteiger partial charge in [0.05, 0.1) is 19.3 Å². The number of aromatic nitrogens is 2. The van der Waals surface area contributed by atoms with Crippen LogP contribution in [-0.4, -0.2) is 65.0 Å². The molecule has 3 fully saturated rings. The first-order valence-corrected chi connectivity index (χ1v) is 12.8. The summed E-state index contributed by atoms with van der Waals surface area (Å²) in [5.74, 6) is 0.250. The van der Waals surface area contributed by atoms with E-state index in [-0.39, 0.29) is 41.2 Å². The molecule has 2 amide bonds. The highest BCUT2D eigenvalue weighted by molar-refractivity contribution is 5.99. The number of rotatable bonds is 12. The molecular weight excluding hydrogens is 436 g/mol. The van der Waals surface area contributed by atoms with Gasteiger partial charge in [0.2, 0.25) is 17.6 Å². The number of ketones is 1. The topological polar surface area (TPSA) is 115 Å². The molecule has 1 saturated heterocycles. The second-order valence-corrected chi connectivity index (χ2v) is 10.8. The highest BCUT2D eigenvalue weighted by atomic mass is 16.5. The average Bonchev–Trinajstić information content (AvgIpc) is 3.75. The second kappa shape index (κ2) is 10.5. The largest absolute Gasteiger partial charge is 0.378 e. The minimum atomic E-state index is -0.749. The molecule has 0 bridgehead atoms. The predicted octanol–water partition coefficient (Wildman–Crippen LogP) is 3.11. The Morgan fingerprint density at radius 1 is 1.15 bits per heavy atom. The second-order valence-electron chi connectivity index (χ2n) is 10.8. The summed E-state index contributed by atoms with van der Waals surface area (Å²) in [5, 5.41) is 6.85. The molecule has 0 aromatic carbocycles. The van der Waals surface area contributed by atoms with Gasteiger partial charge in [-0.05, 0) is 56.3 Å². The van der Waals surface area contributed by atoms with Crippen molar-refractivity contribution in [2.45, 2.75) is 84.1 Å². The maximum absolute atomic E-state index is 13.5. The molecule has 0 radical (unpaired) electrons. The molecule has 2 aliphatic carbocycles. The van der Waals surface area contributed by atoms with E-state index >= 15 is 0 Å². The molecule has 4 rings (SSSR count). The molecule has 1 aromatic rings. The number of carbonyl (C=O) groups excluding carboxylic acids is 3. The highest BCUT2D eigenvalue weighted by Crippen LogP contribution is 2.55. The van der Waals surface area contributed by atoms with Gasteiger partial charge in [0.1, 0.15) is 0 Å². The smallest absolute Gasteiger partial charge is 0.296 e. The Hall–Kier alpha value is -2.29. The molecule has 2 atom stereocenters. The summed E-state index contributed by atoms with van der Waals surface area (Å²) in [4.78, 5) is 45.5. The van der Waals surface area contributed by atoms with Crippen LogP contribution in [0.5, 0.6) is 0 Å². The fourth-order valence-electron chi connectivity index (χ4n) is 5.10. The third-order valence-corrected chi connectivity index (χ3v) is 7.27. The normalized spacial score (nSPS) is 21.2. The molecule has 34 heavy (non-hydrogen) atoms. The number of morpholine rings is 1. The first-order valence-electron chi connectivity index (χ1n) is 12.8. The van der Waals surface area contributed by atoms with Crippen LogP contribution >= 0.6 is 0 Å². The van der Waals surface area contributed by atoms with Crippen LogP contribution in [0.15, 0.2) is 4.52 Å². The minimum Gasteiger partial charge on any atom is -0.378 e. The highest BCUT2D eigenvalue weighted by Gasteiger charge is 2.46. The lowest BCUT2D eigenvalue weighted by atomic mass is 9.83. The summed E-state index contributed by atoms with van der Waals surface area (Å²) in [6.07, 6.45) is 6.48.